The Morgan fingerprint density at radius 1 is 1.12 bits per heavy atom. The maximum atomic E-state index is 5.36. The van der Waals surface area contributed by atoms with Crippen LogP contribution < -0.4 is 10.6 Å². The molecular formula is C18H36IN5O. The molecule has 0 atom stereocenters. The van der Waals surface area contributed by atoms with Gasteiger partial charge in [0.2, 0.25) is 0 Å². The molecule has 6 nitrogen and oxygen atoms in total. The van der Waals surface area contributed by atoms with Gasteiger partial charge in [-0.3, -0.25) is 4.68 Å². The first-order valence-corrected chi connectivity index (χ1v) is 9.31. The van der Waals surface area contributed by atoms with E-state index in [1.54, 1.807) is 0 Å². The fourth-order valence-electron chi connectivity index (χ4n) is 2.75. The van der Waals surface area contributed by atoms with E-state index in [2.05, 4.69) is 36.5 Å². The minimum Gasteiger partial charge on any atom is -0.382 e. The molecule has 0 spiro atoms. The van der Waals surface area contributed by atoms with Gasteiger partial charge in [-0.05, 0) is 39.5 Å². The molecule has 1 aromatic rings. The minimum absolute atomic E-state index is 0. The van der Waals surface area contributed by atoms with Crippen LogP contribution in [0.15, 0.2) is 4.99 Å². The molecule has 1 aromatic heterocycles. The predicted molar refractivity (Wildman–Crippen MR) is 116 cm³/mol. The average Bonchev–Trinajstić information content (AvgIpc) is 2.90. The van der Waals surface area contributed by atoms with Gasteiger partial charge < -0.3 is 15.4 Å². The summed E-state index contributed by atoms with van der Waals surface area (Å²) in [5.41, 5.74) is 3.71. The Bertz CT molecular complexity index is 502. The number of nitrogens with one attached hydrogen (secondary N) is 2. The first-order chi connectivity index (χ1) is 11.7. The Kier molecular flexibility index (Phi) is 13.9. The number of aliphatic imine (C=N–C) groups is 1. The van der Waals surface area contributed by atoms with Crippen LogP contribution in [0.1, 0.15) is 57.5 Å². The van der Waals surface area contributed by atoms with Crippen molar-refractivity contribution in [2.24, 2.45) is 12.0 Å². The van der Waals surface area contributed by atoms with Gasteiger partial charge in [0.15, 0.2) is 5.96 Å². The summed E-state index contributed by atoms with van der Waals surface area (Å²) < 4.78 is 7.36. The maximum Gasteiger partial charge on any atom is 0.191 e. The van der Waals surface area contributed by atoms with E-state index in [0.717, 1.165) is 63.6 Å². The Labute approximate surface area is 170 Å². The van der Waals surface area contributed by atoms with Crippen LogP contribution in [0.4, 0.5) is 0 Å². The molecule has 0 aliphatic carbocycles. The van der Waals surface area contributed by atoms with E-state index in [1.807, 2.05) is 18.7 Å². The molecule has 146 valence electrons. The van der Waals surface area contributed by atoms with Gasteiger partial charge in [0.25, 0.3) is 0 Å². The third-order valence-corrected chi connectivity index (χ3v) is 3.98. The lowest BCUT2D eigenvalue weighted by Crippen LogP contribution is -2.37. The minimum atomic E-state index is 0. The highest BCUT2D eigenvalue weighted by molar-refractivity contribution is 14.0. The van der Waals surface area contributed by atoms with E-state index in [0.29, 0.717) is 6.54 Å². The van der Waals surface area contributed by atoms with Crippen molar-refractivity contribution in [2.45, 2.75) is 59.9 Å². The molecule has 0 saturated carbocycles. The number of hydrogen-bond acceptors (Lipinski definition) is 3. The van der Waals surface area contributed by atoms with Gasteiger partial charge in [-0.15, -0.1) is 24.0 Å². The van der Waals surface area contributed by atoms with Crippen molar-refractivity contribution in [1.29, 1.82) is 0 Å². The Morgan fingerprint density at radius 3 is 2.48 bits per heavy atom. The molecule has 0 aliphatic rings. The van der Waals surface area contributed by atoms with Crippen molar-refractivity contribution in [3.05, 3.63) is 17.0 Å². The molecule has 0 aliphatic heterocycles. The number of aryl methyl sites for hydroxylation is 2. The van der Waals surface area contributed by atoms with Gasteiger partial charge in [0, 0.05) is 44.6 Å². The molecular weight excluding hydrogens is 429 g/mol. The molecule has 25 heavy (non-hydrogen) atoms. The lowest BCUT2D eigenvalue weighted by Gasteiger charge is -2.11. The topological polar surface area (TPSA) is 63.5 Å². The maximum absolute atomic E-state index is 5.36. The number of rotatable bonds is 11. The molecule has 2 N–H and O–H groups in total. The molecule has 0 aromatic carbocycles. The van der Waals surface area contributed by atoms with E-state index in [-0.39, 0.29) is 24.0 Å². The quantitative estimate of drug-likeness (QED) is 0.228. The van der Waals surface area contributed by atoms with E-state index in [1.165, 1.54) is 11.3 Å². The van der Waals surface area contributed by atoms with Crippen molar-refractivity contribution in [3.63, 3.8) is 0 Å². The van der Waals surface area contributed by atoms with Crippen LogP contribution in [0, 0.1) is 0 Å². The summed E-state index contributed by atoms with van der Waals surface area (Å²) in [7, 11) is 2.02. The monoisotopic (exact) mass is 465 g/mol. The second-order valence-electron chi connectivity index (χ2n) is 5.73. The zero-order valence-corrected chi connectivity index (χ0v) is 18.9. The highest BCUT2D eigenvalue weighted by Crippen LogP contribution is 2.16. The van der Waals surface area contributed by atoms with Crippen LogP contribution in [0.3, 0.4) is 0 Å². The number of halogens is 1. The van der Waals surface area contributed by atoms with E-state index < -0.39 is 0 Å². The van der Waals surface area contributed by atoms with Crippen LogP contribution in [0.25, 0.3) is 0 Å². The van der Waals surface area contributed by atoms with Crippen LogP contribution in [0.2, 0.25) is 0 Å². The van der Waals surface area contributed by atoms with Crippen molar-refractivity contribution in [1.82, 2.24) is 20.4 Å². The number of ether oxygens (including phenoxy) is 1. The summed E-state index contributed by atoms with van der Waals surface area (Å²) in [6.07, 6.45) is 4.08. The van der Waals surface area contributed by atoms with E-state index in [4.69, 9.17) is 9.73 Å². The molecule has 7 heteroatoms. The first-order valence-electron chi connectivity index (χ1n) is 9.31. The van der Waals surface area contributed by atoms with Crippen molar-refractivity contribution < 1.29 is 4.74 Å². The number of guanidine groups is 1. The summed E-state index contributed by atoms with van der Waals surface area (Å²) in [5, 5.41) is 11.3. The highest BCUT2D eigenvalue weighted by Gasteiger charge is 2.13. The van der Waals surface area contributed by atoms with Gasteiger partial charge >= 0.3 is 0 Å². The zero-order valence-electron chi connectivity index (χ0n) is 16.5. The van der Waals surface area contributed by atoms with Gasteiger partial charge in [-0.25, -0.2) is 4.99 Å². The van der Waals surface area contributed by atoms with Crippen molar-refractivity contribution >= 4 is 29.9 Å². The van der Waals surface area contributed by atoms with Crippen LogP contribution >= 0.6 is 24.0 Å². The molecule has 0 unspecified atom stereocenters. The SMILES string of the molecule is CCNC(=NCc1c(CC)nn(C)c1CC)NCCCCOCC.I. The third kappa shape index (κ3) is 8.40. The van der Waals surface area contributed by atoms with Gasteiger partial charge in [-0.2, -0.15) is 5.10 Å². The Morgan fingerprint density at radius 2 is 1.88 bits per heavy atom. The first kappa shape index (κ1) is 24.2. The van der Waals surface area contributed by atoms with Gasteiger partial charge in [0.1, 0.15) is 0 Å². The third-order valence-electron chi connectivity index (χ3n) is 3.98. The number of hydrogen-bond donors (Lipinski definition) is 2. The summed E-state index contributed by atoms with van der Waals surface area (Å²) in [6.45, 7) is 12.5. The molecule has 0 saturated heterocycles. The molecule has 0 fully saturated rings. The number of unbranched alkanes of at least 4 members (excludes halogenated alkanes) is 1. The second-order valence-corrected chi connectivity index (χ2v) is 5.73. The summed E-state index contributed by atoms with van der Waals surface area (Å²) in [4.78, 5) is 4.76. The zero-order chi connectivity index (χ0) is 17.8. The fourth-order valence-corrected chi connectivity index (χ4v) is 2.75. The number of nitrogens with zero attached hydrogens (tertiary/aromatic N) is 3. The smallest absolute Gasteiger partial charge is 0.191 e. The van der Waals surface area contributed by atoms with Crippen molar-refractivity contribution in [2.75, 3.05) is 26.3 Å². The normalized spacial score (nSPS) is 11.3. The summed E-state index contributed by atoms with van der Waals surface area (Å²) in [5.74, 6) is 0.877. The molecule has 1 heterocycles. The fraction of sp³-hybridized carbons (Fsp3) is 0.778. The Hall–Kier alpha value is -0.830. The van der Waals surface area contributed by atoms with Crippen LogP contribution in [-0.4, -0.2) is 42.0 Å². The molecule has 0 bridgehead atoms. The Balaban J connectivity index is 0.00000576. The van der Waals surface area contributed by atoms with Crippen molar-refractivity contribution in [3.8, 4) is 0 Å². The van der Waals surface area contributed by atoms with E-state index in [9.17, 15) is 0 Å². The largest absolute Gasteiger partial charge is 0.382 e. The second kappa shape index (κ2) is 14.4. The lowest BCUT2D eigenvalue weighted by molar-refractivity contribution is 0.143. The van der Waals surface area contributed by atoms with Crippen LogP contribution in [0.5, 0.6) is 0 Å². The van der Waals surface area contributed by atoms with Gasteiger partial charge in [-0.1, -0.05) is 13.8 Å². The average molecular weight is 465 g/mol. The lowest BCUT2D eigenvalue weighted by atomic mass is 10.1. The van der Waals surface area contributed by atoms with Crippen LogP contribution in [-0.2, 0) is 31.2 Å². The molecule has 0 radical (unpaired) electrons. The standard InChI is InChI=1S/C18H35N5O.HI/c1-6-16-15(17(7-2)23(5)22-16)14-21-18(19-8-3)20-12-10-11-13-24-9-4;/h6-14H2,1-5H3,(H2,19,20,21);1H. The van der Waals surface area contributed by atoms with E-state index >= 15 is 0 Å². The summed E-state index contributed by atoms with van der Waals surface area (Å²) >= 11 is 0. The summed E-state index contributed by atoms with van der Waals surface area (Å²) in [6, 6.07) is 0. The predicted octanol–water partition coefficient (Wildman–Crippen LogP) is 3.03. The van der Waals surface area contributed by atoms with Gasteiger partial charge in [0.05, 0.1) is 12.2 Å². The molecule has 0 amide bonds. The number of aromatic nitrogens is 2. The molecule has 1 rings (SSSR count). The highest BCUT2D eigenvalue weighted by atomic mass is 127.